The van der Waals surface area contributed by atoms with Gasteiger partial charge in [0.05, 0.1) is 5.21 Å². The third-order valence-electron chi connectivity index (χ3n) is 0.217. The summed E-state index contributed by atoms with van der Waals surface area (Å²) in [5.41, 5.74) is 0. The van der Waals surface area contributed by atoms with Gasteiger partial charge in [0.2, 0.25) is 0 Å². The first-order valence-electron chi connectivity index (χ1n) is 1.32. The lowest BCUT2D eigenvalue weighted by Crippen LogP contribution is -1.66. The van der Waals surface area contributed by atoms with E-state index in [0.717, 1.165) is 0 Å². The molecule has 3 nitrogen and oxygen atoms in total. The van der Waals surface area contributed by atoms with Crippen molar-refractivity contribution in [3.05, 3.63) is 0 Å². The molecule has 0 saturated heterocycles. The quantitative estimate of drug-likeness (QED) is 0.470. The summed E-state index contributed by atoms with van der Waals surface area (Å²) in [6, 6.07) is 0. The zero-order valence-electron chi connectivity index (χ0n) is 3.24. The van der Waals surface area contributed by atoms with Crippen LogP contribution in [0, 0.1) is 0 Å². The van der Waals surface area contributed by atoms with Crippen molar-refractivity contribution >= 4 is 29.8 Å². The highest BCUT2D eigenvalue weighted by Crippen LogP contribution is 2.50. The Hall–Kier alpha value is 0.790. The van der Waals surface area contributed by atoms with E-state index >= 15 is 0 Å². The van der Waals surface area contributed by atoms with Crippen molar-refractivity contribution in [3.63, 3.8) is 0 Å². The molecule has 0 atom stereocenters. The molecule has 0 aliphatic heterocycles. The second-order valence-electron chi connectivity index (χ2n) is 0.729. The molecule has 7 heavy (non-hydrogen) atoms. The van der Waals surface area contributed by atoms with Gasteiger partial charge in [-0.3, -0.25) is 0 Å². The summed E-state index contributed by atoms with van der Waals surface area (Å²) in [5.74, 6) is 0. The van der Waals surface area contributed by atoms with Crippen LogP contribution in [0.2, 0.25) is 0 Å². The van der Waals surface area contributed by atoms with Crippen molar-refractivity contribution in [2.45, 2.75) is 0 Å². The molecule has 0 aromatic carbocycles. The fraction of sp³-hybridized carbons (Fsp3) is 1.00. The lowest BCUT2D eigenvalue weighted by molar-refractivity contribution is 0.397. The minimum absolute atomic E-state index is 0.0652. The van der Waals surface area contributed by atoms with Crippen LogP contribution in [0.3, 0.4) is 0 Å². The van der Waals surface area contributed by atoms with E-state index in [9.17, 15) is 4.57 Å². The summed E-state index contributed by atoms with van der Waals surface area (Å²) in [7, 11) is 0. The maximum absolute atomic E-state index is 9.80. The Morgan fingerprint density at radius 3 is 2.14 bits per heavy atom. The van der Waals surface area contributed by atoms with Gasteiger partial charge in [-0.2, -0.15) is 0 Å². The molecule has 2 N–H and O–H groups in total. The molecule has 0 aromatic heterocycles. The van der Waals surface area contributed by atoms with Crippen LogP contribution in [0.5, 0.6) is 0 Å². The Morgan fingerprint density at radius 1 is 1.71 bits per heavy atom. The Morgan fingerprint density at radius 2 is 2.14 bits per heavy atom. The van der Waals surface area contributed by atoms with Gasteiger partial charge in [0.1, 0.15) is 0 Å². The average Bonchev–Trinajstić information content (AvgIpc) is 1.30. The molecule has 0 heterocycles. The minimum atomic E-state index is -3.88. The van der Waals surface area contributed by atoms with Crippen LogP contribution >= 0.6 is 29.8 Å². The molecular weight excluding hydrogens is 159 g/mol. The van der Waals surface area contributed by atoms with Gasteiger partial charge in [0.25, 0.3) is 0 Å². The molecule has 6 heteroatoms. The van der Waals surface area contributed by atoms with E-state index < -0.39 is 6.80 Å². The van der Waals surface area contributed by atoms with Crippen LogP contribution in [-0.2, 0) is 4.57 Å². The summed E-state index contributed by atoms with van der Waals surface area (Å²) < 4.78 is 9.80. The lowest BCUT2D eigenvalue weighted by Gasteiger charge is -1.94. The van der Waals surface area contributed by atoms with Gasteiger partial charge in [-0.05, 0) is 11.4 Å². The number of halogens is 1. The van der Waals surface area contributed by atoms with Crippen molar-refractivity contribution in [1.29, 1.82) is 0 Å². The first kappa shape index (κ1) is 7.79. The minimum Gasteiger partial charge on any atom is -0.317 e. The Labute approximate surface area is 50.0 Å². The molecule has 0 bridgehead atoms. The molecular formula is CH4ClO3PS. The van der Waals surface area contributed by atoms with Gasteiger partial charge in [-0.25, -0.2) is 4.57 Å². The number of rotatable bonds is 2. The zero-order chi connectivity index (χ0) is 5.91. The second kappa shape index (κ2) is 2.95. The van der Waals surface area contributed by atoms with Crippen molar-refractivity contribution < 1.29 is 14.4 Å². The summed E-state index contributed by atoms with van der Waals surface area (Å²) >= 11 is 5.38. The van der Waals surface area contributed by atoms with E-state index in [0.29, 0.717) is 11.4 Å². The fourth-order valence-electron chi connectivity index (χ4n) is 0.0636. The van der Waals surface area contributed by atoms with Gasteiger partial charge in [-0.1, -0.05) is 0 Å². The van der Waals surface area contributed by atoms with Gasteiger partial charge in [0, 0.05) is 0 Å². The molecule has 44 valence electrons. The van der Waals surface area contributed by atoms with Gasteiger partial charge >= 0.3 is 6.80 Å². The Bertz CT molecular complexity index is 88.9. The number of alkyl halides is 1. The van der Waals surface area contributed by atoms with E-state index in [2.05, 4.69) is 0 Å². The molecule has 0 aliphatic carbocycles. The van der Waals surface area contributed by atoms with Crippen LogP contribution < -0.4 is 0 Å². The third kappa shape index (κ3) is 6.79. The molecule has 0 fully saturated rings. The largest absolute Gasteiger partial charge is 0.385 e. The monoisotopic (exact) mass is 162 g/mol. The van der Waals surface area contributed by atoms with Crippen LogP contribution in [0.1, 0.15) is 0 Å². The predicted octanol–water partition coefficient (Wildman–Crippen LogP) is 1.01. The Balaban J connectivity index is 3.36. The predicted molar refractivity (Wildman–Crippen MR) is 30.4 cm³/mol. The normalized spacial score (nSPS) is 11.9. The zero-order valence-corrected chi connectivity index (χ0v) is 5.71. The molecule has 0 saturated carbocycles. The summed E-state index contributed by atoms with van der Waals surface area (Å²) in [6.45, 7) is -3.88. The highest BCUT2D eigenvalue weighted by Gasteiger charge is 2.10. The van der Waals surface area contributed by atoms with Crippen molar-refractivity contribution in [1.82, 2.24) is 0 Å². The first-order chi connectivity index (χ1) is 3.06. The van der Waals surface area contributed by atoms with Gasteiger partial charge in [0.15, 0.2) is 0 Å². The molecule has 0 unspecified atom stereocenters. The second-order valence-corrected chi connectivity index (χ2v) is 5.04. The maximum atomic E-state index is 9.80. The van der Waals surface area contributed by atoms with Crippen LogP contribution in [0.4, 0.5) is 0 Å². The van der Waals surface area contributed by atoms with Crippen LogP contribution in [0.25, 0.3) is 0 Å². The number of hydrogen-bond acceptors (Lipinski definition) is 2. The van der Waals surface area contributed by atoms with Crippen LogP contribution in [0.15, 0.2) is 0 Å². The fourth-order valence-corrected chi connectivity index (χ4v) is 1.72. The molecule has 0 spiro atoms. The summed E-state index contributed by atoms with van der Waals surface area (Å²) in [4.78, 5) is 16.0. The summed E-state index contributed by atoms with van der Waals surface area (Å²) in [5, 5.41) is -0.0652. The van der Waals surface area contributed by atoms with E-state index in [1.54, 1.807) is 0 Å². The van der Waals surface area contributed by atoms with Gasteiger partial charge in [-0.15, -0.1) is 11.6 Å². The average molecular weight is 163 g/mol. The Kier molecular flexibility index (Phi) is 3.28. The first-order valence-corrected chi connectivity index (χ1v) is 5.06. The summed E-state index contributed by atoms with van der Waals surface area (Å²) in [6.07, 6.45) is 0. The van der Waals surface area contributed by atoms with E-state index in [4.69, 9.17) is 21.4 Å². The molecule has 0 amide bonds. The van der Waals surface area contributed by atoms with Gasteiger partial charge < -0.3 is 9.79 Å². The highest BCUT2D eigenvalue weighted by molar-refractivity contribution is 8.54. The van der Waals surface area contributed by atoms with E-state index in [-0.39, 0.29) is 5.21 Å². The van der Waals surface area contributed by atoms with Crippen molar-refractivity contribution in [2.75, 3.05) is 5.21 Å². The molecule has 0 rings (SSSR count). The third-order valence-corrected chi connectivity index (χ3v) is 2.83. The van der Waals surface area contributed by atoms with Crippen molar-refractivity contribution in [3.8, 4) is 0 Å². The molecule has 0 aliphatic rings. The van der Waals surface area contributed by atoms with E-state index in [1.807, 2.05) is 0 Å². The maximum Gasteiger partial charge on any atom is 0.385 e. The van der Waals surface area contributed by atoms with Crippen molar-refractivity contribution in [2.24, 2.45) is 0 Å². The highest BCUT2D eigenvalue weighted by atomic mass is 35.5. The topological polar surface area (TPSA) is 57.5 Å². The number of hydrogen-bond donors (Lipinski definition) is 2. The standard InChI is InChI=1S/CH4ClO3PS/c2-1-7-6(3,4)5/h1H2,(H2,3,4,5). The lowest BCUT2D eigenvalue weighted by atomic mass is 11.9. The van der Waals surface area contributed by atoms with Crippen LogP contribution in [-0.4, -0.2) is 15.0 Å². The smallest absolute Gasteiger partial charge is 0.317 e. The molecule has 0 radical (unpaired) electrons. The van der Waals surface area contributed by atoms with E-state index in [1.165, 1.54) is 0 Å². The SMILES string of the molecule is O=P(O)(O)SCCl. The molecule has 0 aromatic rings.